The average Bonchev–Trinajstić information content (AvgIpc) is 2.50. The Labute approximate surface area is 148 Å². The molecule has 0 atom stereocenters. The van der Waals surface area contributed by atoms with Crippen LogP contribution in [-0.2, 0) is 9.84 Å². The second-order valence-electron chi connectivity index (χ2n) is 6.04. The minimum atomic E-state index is -3.14. The third-order valence-electron chi connectivity index (χ3n) is 3.60. The summed E-state index contributed by atoms with van der Waals surface area (Å²) in [6.07, 6.45) is 2.13. The van der Waals surface area contributed by atoms with Crippen molar-refractivity contribution < 1.29 is 12.8 Å². The first-order chi connectivity index (χ1) is 11.2. The molecule has 24 heavy (non-hydrogen) atoms. The van der Waals surface area contributed by atoms with Crippen LogP contribution in [0.15, 0.2) is 34.2 Å². The molecule has 136 valence electrons. The molecule has 1 aromatic carbocycles. The van der Waals surface area contributed by atoms with E-state index in [1.807, 2.05) is 0 Å². The first-order valence-corrected chi connectivity index (χ1v) is 10.6. The van der Waals surface area contributed by atoms with Gasteiger partial charge in [-0.2, -0.15) is 0 Å². The van der Waals surface area contributed by atoms with E-state index < -0.39 is 14.6 Å². The van der Waals surface area contributed by atoms with E-state index in [4.69, 9.17) is 0 Å². The Morgan fingerprint density at radius 3 is 2.42 bits per heavy atom. The molecule has 0 aliphatic rings. The van der Waals surface area contributed by atoms with Crippen LogP contribution in [0.2, 0.25) is 0 Å². The van der Waals surface area contributed by atoms with Gasteiger partial charge < -0.3 is 10.6 Å². The summed E-state index contributed by atoms with van der Waals surface area (Å²) in [5.41, 5.74) is 0. The molecule has 0 aliphatic heterocycles. The number of hydrogen-bond acceptors (Lipinski definition) is 4. The Balaban J connectivity index is 2.28. The fraction of sp³-hybridized carbons (Fsp3) is 0.562. The van der Waals surface area contributed by atoms with E-state index in [2.05, 4.69) is 15.6 Å². The normalized spacial score (nSPS) is 13.0. The topological polar surface area (TPSA) is 70.6 Å². The van der Waals surface area contributed by atoms with Gasteiger partial charge in [-0.1, -0.05) is 0 Å². The summed E-state index contributed by atoms with van der Waals surface area (Å²) in [6.45, 7) is 4.37. The van der Waals surface area contributed by atoms with Gasteiger partial charge in [-0.15, -0.1) is 11.8 Å². The number of nitrogens with one attached hydrogen (secondary N) is 2. The average molecular weight is 376 g/mol. The van der Waals surface area contributed by atoms with Gasteiger partial charge in [0.25, 0.3) is 0 Å². The quantitative estimate of drug-likeness (QED) is 0.316. The van der Waals surface area contributed by atoms with Gasteiger partial charge in [-0.05, 0) is 50.3 Å². The summed E-state index contributed by atoms with van der Waals surface area (Å²) in [7, 11) is -1.50. The van der Waals surface area contributed by atoms with Crippen molar-refractivity contribution in [3.05, 3.63) is 30.1 Å². The third kappa shape index (κ3) is 7.09. The number of hydrogen-bond donors (Lipinski definition) is 2. The predicted molar refractivity (Wildman–Crippen MR) is 100 cm³/mol. The molecule has 1 aromatic rings. The summed E-state index contributed by atoms with van der Waals surface area (Å²) in [5.74, 6) is 1.25. The molecule has 0 unspecified atom stereocenters. The number of halogens is 1. The van der Waals surface area contributed by atoms with Crippen LogP contribution in [0.25, 0.3) is 0 Å². The summed E-state index contributed by atoms with van der Waals surface area (Å²) in [6, 6.07) is 6.44. The molecule has 0 fully saturated rings. The second-order valence-corrected chi connectivity index (χ2v) is 9.86. The lowest BCUT2D eigenvalue weighted by Gasteiger charge is -2.24. The highest BCUT2D eigenvalue weighted by atomic mass is 32.2. The van der Waals surface area contributed by atoms with E-state index >= 15 is 0 Å². The Morgan fingerprint density at radius 1 is 1.25 bits per heavy atom. The third-order valence-corrected chi connectivity index (χ3v) is 6.86. The maximum atomic E-state index is 12.8. The van der Waals surface area contributed by atoms with Crippen LogP contribution in [0.3, 0.4) is 0 Å². The van der Waals surface area contributed by atoms with Gasteiger partial charge in [0.05, 0.1) is 4.75 Å². The minimum absolute atomic E-state index is 0.229. The van der Waals surface area contributed by atoms with Gasteiger partial charge >= 0.3 is 0 Å². The number of nitrogens with zero attached hydrogens (tertiary/aromatic N) is 1. The fourth-order valence-electron chi connectivity index (χ4n) is 1.65. The van der Waals surface area contributed by atoms with Crippen molar-refractivity contribution in [2.45, 2.75) is 29.9 Å². The van der Waals surface area contributed by atoms with E-state index in [0.717, 1.165) is 17.1 Å². The molecule has 0 aromatic heterocycles. The highest BCUT2D eigenvalue weighted by molar-refractivity contribution is 7.99. The van der Waals surface area contributed by atoms with Gasteiger partial charge in [0, 0.05) is 31.3 Å². The molecule has 0 radical (unpaired) electrons. The summed E-state index contributed by atoms with van der Waals surface area (Å²) < 4.78 is 35.3. The number of benzene rings is 1. The van der Waals surface area contributed by atoms with Gasteiger partial charge in [0.2, 0.25) is 0 Å². The first kappa shape index (κ1) is 20.8. The number of thioether (sulfide) groups is 1. The molecule has 8 heteroatoms. The Morgan fingerprint density at radius 2 is 1.88 bits per heavy atom. The molecule has 0 amide bonds. The standard InChI is InChI=1S/C16H26FN3O2S2/c1-16(2,24(4,21)22)12-20-15(18-3)19-10-5-11-23-14-8-6-13(17)7-9-14/h6-9H,5,10-12H2,1-4H3,(H2,18,19,20). The molecule has 1 rings (SSSR count). The van der Waals surface area contributed by atoms with Crippen molar-refractivity contribution in [3.8, 4) is 0 Å². The van der Waals surface area contributed by atoms with Crippen LogP contribution < -0.4 is 10.6 Å². The summed E-state index contributed by atoms with van der Waals surface area (Å²) in [5, 5.41) is 6.20. The Kier molecular flexibility index (Phi) is 8.02. The van der Waals surface area contributed by atoms with Crippen molar-refractivity contribution in [1.82, 2.24) is 10.6 Å². The molecular weight excluding hydrogens is 349 g/mol. The van der Waals surface area contributed by atoms with Crippen LogP contribution in [0.5, 0.6) is 0 Å². The molecule has 0 saturated carbocycles. The first-order valence-electron chi connectivity index (χ1n) is 7.68. The number of rotatable bonds is 8. The maximum Gasteiger partial charge on any atom is 0.191 e. The van der Waals surface area contributed by atoms with Crippen LogP contribution in [0.1, 0.15) is 20.3 Å². The highest BCUT2D eigenvalue weighted by Gasteiger charge is 2.30. The molecule has 0 spiro atoms. The smallest absolute Gasteiger partial charge is 0.191 e. The van der Waals surface area contributed by atoms with E-state index in [9.17, 15) is 12.8 Å². The van der Waals surface area contributed by atoms with E-state index in [1.54, 1.807) is 44.8 Å². The van der Waals surface area contributed by atoms with Crippen LogP contribution in [0, 0.1) is 5.82 Å². The van der Waals surface area contributed by atoms with Crippen molar-refractivity contribution in [3.63, 3.8) is 0 Å². The highest BCUT2D eigenvalue weighted by Crippen LogP contribution is 2.18. The Hall–Kier alpha value is -1.28. The van der Waals surface area contributed by atoms with Gasteiger partial charge in [0.15, 0.2) is 15.8 Å². The molecule has 0 saturated heterocycles. The number of sulfone groups is 1. The van der Waals surface area contributed by atoms with Crippen molar-refractivity contribution in [2.24, 2.45) is 4.99 Å². The van der Waals surface area contributed by atoms with E-state index in [-0.39, 0.29) is 12.4 Å². The second kappa shape index (κ2) is 9.27. The molecule has 0 heterocycles. The number of guanidine groups is 1. The van der Waals surface area contributed by atoms with Crippen molar-refractivity contribution in [2.75, 3.05) is 32.1 Å². The molecule has 0 bridgehead atoms. The zero-order valence-corrected chi connectivity index (χ0v) is 16.2. The molecule has 2 N–H and O–H groups in total. The predicted octanol–water partition coefficient (Wildman–Crippen LogP) is 2.30. The minimum Gasteiger partial charge on any atom is -0.356 e. The summed E-state index contributed by atoms with van der Waals surface area (Å²) in [4.78, 5) is 5.13. The SMILES string of the molecule is CN=C(NCCCSc1ccc(F)cc1)NCC(C)(C)S(C)(=O)=O. The fourth-order valence-corrected chi connectivity index (χ4v) is 2.84. The lowest BCUT2D eigenvalue weighted by molar-refractivity contribution is 0.544. The van der Waals surface area contributed by atoms with Crippen LogP contribution >= 0.6 is 11.8 Å². The molecule has 5 nitrogen and oxygen atoms in total. The van der Waals surface area contributed by atoms with E-state index in [0.29, 0.717) is 12.5 Å². The maximum absolute atomic E-state index is 12.8. The molecular formula is C16H26FN3O2S2. The number of aliphatic imine (C=N–C) groups is 1. The lowest BCUT2D eigenvalue weighted by Crippen LogP contribution is -2.47. The Bertz CT molecular complexity index is 644. The van der Waals surface area contributed by atoms with Crippen LogP contribution in [0.4, 0.5) is 4.39 Å². The van der Waals surface area contributed by atoms with Gasteiger partial charge in [-0.3, -0.25) is 4.99 Å². The molecule has 0 aliphatic carbocycles. The zero-order valence-electron chi connectivity index (χ0n) is 14.6. The van der Waals surface area contributed by atoms with Gasteiger partial charge in [-0.25, -0.2) is 12.8 Å². The van der Waals surface area contributed by atoms with Gasteiger partial charge in [0.1, 0.15) is 5.82 Å². The summed E-state index contributed by atoms with van der Waals surface area (Å²) >= 11 is 1.66. The van der Waals surface area contributed by atoms with Crippen molar-refractivity contribution >= 4 is 27.6 Å². The van der Waals surface area contributed by atoms with Crippen LogP contribution in [-0.4, -0.2) is 51.3 Å². The van der Waals surface area contributed by atoms with E-state index in [1.165, 1.54) is 18.4 Å². The zero-order chi connectivity index (χ0) is 18.2. The van der Waals surface area contributed by atoms with Crippen molar-refractivity contribution in [1.29, 1.82) is 0 Å². The lowest BCUT2D eigenvalue weighted by atomic mass is 10.2. The largest absolute Gasteiger partial charge is 0.356 e. The monoisotopic (exact) mass is 375 g/mol.